The van der Waals surface area contributed by atoms with Crippen LogP contribution in [0.5, 0.6) is 5.75 Å². The maximum absolute atomic E-state index is 13.3. The predicted octanol–water partition coefficient (Wildman–Crippen LogP) is 3.97. The fourth-order valence-corrected chi connectivity index (χ4v) is 3.15. The van der Waals surface area contributed by atoms with Gasteiger partial charge in [-0.05, 0) is 36.8 Å². The molecule has 2 aromatic carbocycles. The molecule has 4 rings (SSSR count). The summed E-state index contributed by atoms with van der Waals surface area (Å²) < 4.78 is 21.3. The van der Waals surface area contributed by atoms with Crippen molar-refractivity contribution < 1.29 is 14.0 Å². The van der Waals surface area contributed by atoms with E-state index in [9.17, 15) is 4.39 Å². The first-order chi connectivity index (χ1) is 12.7. The van der Waals surface area contributed by atoms with Crippen LogP contribution in [-0.4, -0.2) is 21.4 Å². The minimum atomic E-state index is -0.292. The van der Waals surface area contributed by atoms with Gasteiger partial charge in [0, 0.05) is 18.0 Å². The maximum Gasteiger partial charge on any atom is 0.142 e. The van der Waals surface area contributed by atoms with Crippen LogP contribution in [0.15, 0.2) is 72.4 Å². The smallest absolute Gasteiger partial charge is 0.142 e. The van der Waals surface area contributed by atoms with E-state index in [2.05, 4.69) is 10.1 Å². The van der Waals surface area contributed by atoms with Gasteiger partial charge in [-0.25, -0.2) is 9.37 Å². The third-order valence-electron chi connectivity index (χ3n) is 4.33. The van der Waals surface area contributed by atoms with Crippen molar-refractivity contribution in [1.29, 1.82) is 0 Å². The second-order valence-electron chi connectivity index (χ2n) is 6.15. The van der Waals surface area contributed by atoms with Gasteiger partial charge >= 0.3 is 0 Å². The van der Waals surface area contributed by atoms with Crippen molar-refractivity contribution >= 4 is 5.71 Å². The molecule has 26 heavy (non-hydrogen) atoms. The van der Waals surface area contributed by atoms with Crippen molar-refractivity contribution in [3.63, 3.8) is 0 Å². The Balaban J connectivity index is 1.66. The van der Waals surface area contributed by atoms with Crippen LogP contribution in [0.3, 0.4) is 0 Å². The Hall–Kier alpha value is -3.15. The van der Waals surface area contributed by atoms with Gasteiger partial charge in [0.2, 0.25) is 0 Å². The molecule has 0 aliphatic carbocycles. The molecule has 1 aliphatic rings. The summed E-state index contributed by atoms with van der Waals surface area (Å²) in [6, 6.07) is 13.9. The van der Waals surface area contributed by atoms with Gasteiger partial charge in [0.15, 0.2) is 0 Å². The molecule has 2 atom stereocenters. The number of fused-ring (bicyclic) bond motifs is 1. The van der Waals surface area contributed by atoms with E-state index in [0.29, 0.717) is 0 Å². The molecule has 6 heteroatoms. The van der Waals surface area contributed by atoms with Crippen molar-refractivity contribution in [2.24, 2.45) is 5.16 Å². The van der Waals surface area contributed by atoms with E-state index in [-0.39, 0.29) is 24.6 Å². The molecule has 1 aliphatic heterocycles. The lowest BCUT2D eigenvalue weighted by Crippen LogP contribution is -2.37. The number of ether oxygens (including phenoxy) is 1. The Bertz CT molecular complexity index is 924. The second kappa shape index (κ2) is 7.00. The minimum absolute atomic E-state index is 0.143. The topological polar surface area (TPSA) is 48.6 Å². The van der Waals surface area contributed by atoms with E-state index in [0.717, 1.165) is 22.6 Å². The SMILES string of the molecule is CC1Oc2ccccc2/C(=N/OCc2cccc(F)c2)C1n1ccnc1. The normalized spacial score (nSPS) is 20.5. The van der Waals surface area contributed by atoms with Crippen molar-refractivity contribution in [3.8, 4) is 5.75 Å². The number of hydrogen-bond acceptors (Lipinski definition) is 4. The molecule has 5 nitrogen and oxygen atoms in total. The van der Waals surface area contributed by atoms with Gasteiger partial charge in [0.05, 0.1) is 6.33 Å². The highest BCUT2D eigenvalue weighted by Gasteiger charge is 2.34. The number of halogens is 1. The lowest BCUT2D eigenvalue weighted by molar-refractivity contribution is 0.121. The Morgan fingerprint density at radius 2 is 2.12 bits per heavy atom. The number of benzene rings is 2. The number of hydrogen-bond donors (Lipinski definition) is 0. The summed E-state index contributed by atoms with van der Waals surface area (Å²) >= 11 is 0. The van der Waals surface area contributed by atoms with Crippen LogP contribution in [0.4, 0.5) is 4.39 Å². The highest BCUT2D eigenvalue weighted by Crippen LogP contribution is 2.34. The molecule has 0 spiro atoms. The molecule has 0 radical (unpaired) electrons. The molecule has 3 aromatic rings. The first kappa shape index (κ1) is 16.3. The fourth-order valence-electron chi connectivity index (χ4n) is 3.15. The van der Waals surface area contributed by atoms with Crippen molar-refractivity contribution in [2.75, 3.05) is 0 Å². The summed E-state index contributed by atoms with van der Waals surface area (Å²) in [5.41, 5.74) is 2.36. The van der Waals surface area contributed by atoms with Crippen molar-refractivity contribution in [1.82, 2.24) is 9.55 Å². The number of para-hydroxylation sites is 1. The zero-order valence-electron chi connectivity index (χ0n) is 14.2. The van der Waals surface area contributed by atoms with Crippen molar-refractivity contribution in [2.45, 2.75) is 25.7 Å². The van der Waals surface area contributed by atoms with Gasteiger partial charge in [0.25, 0.3) is 0 Å². The average molecular weight is 351 g/mol. The lowest BCUT2D eigenvalue weighted by atomic mass is 9.95. The Morgan fingerprint density at radius 3 is 2.92 bits per heavy atom. The van der Waals surface area contributed by atoms with Gasteiger partial charge in [-0.15, -0.1) is 0 Å². The van der Waals surface area contributed by atoms with Crippen LogP contribution < -0.4 is 4.74 Å². The fraction of sp³-hybridized carbons (Fsp3) is 0.200. The maximum atomic E-state index is 13.3. The number of nitrogens with zero attached hydrogens (tertiary/aromatic N) is 3. The van der Waals surface area contributed by atoms with E-state index in [1.165, 1.54) is 12.1 Å². The minimum Gasteiger partial charge on any atom is -0.487 e. The van der Waals surface area contributed by atoms with Crippen LogP contribution in [0.2, 0.25) is 0 Å². The van der Waals surface area contributed by atoms with Gasteiger partial charge in [-0.3, -0.25) is 0 Å². The monoisotopic (exact) mass is 351 g/mol. The van der Waals surface area contributed by atoms with Gasteiger partial charge in [-0.1, -0.05) is 29.4 Å². The van der Waals surface area contributed by atoms with E-state index >= 15 is 0 Å². The molecule has 0 bridgehead atoms. The number of imidazole rings is 1. The molecular formula is C20H18FN3O2. The Labute approximate surface area is 150 Å². The Kier molecular flexibility index (Phi) is 4.39. The first-order valence-corrected chi connectivity index (χ1v) is 8.40. The van der Waals surface area contributed by atoms with E-state index < -0.39 is 0 Å². The molecule has 2 unspecified atom stereocenters. The molecule has 132 valence electrons. The lowest BCUT2D eigenvalue weighted by Gasteiger charge is -2.33. The standard InChI is InChI=1S/C20H18FN3O2/c1-14-20(24-10-9-22-13-24)19(17-7-2-3-8-18(17)26-14)23-25-12-15-5-4-6-16(21)11-15/h2-11,13-14,20H,12H2,1H3/b23-19-. The number of oxime groups is 1. The van der Waals surface area contributed by atoms with E-state index in [1.807, 2.05) is 42.0 Å². The second-order valence-corrected chi connectivity index (χ2v) is 6.15. The molecule has 0 amide bonds. The molecule has 0 saturated carbocycles. The number of aromatic nitrogens is 2. The van der Waals surface area contributed by atoms with Crippen LogP contribution in [0.25, 0.3) is 0 Å². The summed E-state index contributed by atoms with van der Waals surface area (Å²) in [4.78, 5) is 9.71. The zero-order valence-corrected chi connectivity index (χ0v) is 14.2. The van der Waals surface area contributed by atoms with Gasteiger partial charge < -0.3 is 14.1 Å². The molecule has 0 fully saturated rings. The van der Waals surface area contributed by atoms with Crippen LogP contribution >= 0.6 is 0 Å². The molecular weight excluding hydrogens is 333 g/mol. The third kappa shape index (κ3) is 3.18. The first-order valence-electron chi connectivity index (χ1n) is 8.40. The molecule has 0 saturated heterocycles. The highest BCUT2D eigenvalue weighted by molar-refractivity contribution is 6.06. The summed E-state index contributed by atoms with van der Waals surface area (Å²) in [7, 11) is 0. The van der Waals surface area contributed by atoms with E-state index in [1.54, 1.807) is 24.7 Å². The molecule has 1 aromatic heterocycles. The van der Waals surface area contributed by atoms with Crippen LogP contribution in [0.1, 0.15) is 24.1 Å². The zero-order chi connectivity index (χ0) is 17.9. The van der Waals surface area contributed by atoms with Crippen LogP contribution in [0, 0.1) is 5.82 Å². The third-order valence-corrected chi connectivity index (χ3v) is 4.33. The highest BCUT2D eigenvalue weighted by atomic mass is 19.1. The largest absolute Gasteiger partial charge is 0.487 e. The van der Waals surface area contributed by atoms with E-state index in [4.69, 9.17) is 9.57 Å². The summed E-state index contributed by atoms with van der Waals surface area (Å²) in [6.45, 7) is 2.18. The van der Waals surface area contributed by atoms with Crippen LogP contribution in [-0.2, 0) is 11.4 Å². The van der Waals surface area contributed by atoms with Crippen molar-refractivity contribution in [3.05, 3.63) is 84.2 Å². The quantitative estimate of drug-likeness (QED) is 0.669. The summed E-state index contributed by atoms with van der Waals surface area (Å²) in [5.74, 6) is 0.476. The molecule has 0 N–H and O–H groups in total. The average Bonchev–Trinajstić information content (AvgIpc) is 3.16. The Morgan fingerprint density at radius 1 is 1.23 bits per heavy atom. The number of rotatable bonds is 4. The van der Waals surface area contributed by atoms with Gasteiger partial charge in [0.1, 0.15) is 36.0 Å². The molecule has 2 heterocycles. The predicted molar refractivity (Wildman–Crippen MR) is 95.5 cm³/mol. The summed E-state index contributed by atoms with van der Waals surface area (Å²) in [5, 5.41) is 4.40. The van der Waals surface area contributed by atoms with Gasteiger partial charge in [-0.2, -0.15) is 0 Å². The summed E-state index contributed by atoms with van der Waals surface area (Å²) in [6.07, 6.45) is 5.19.